The highest BCUT2D eigenvalue weighted by Crippen LogP contribution is 2.47. The van der Waals surface area contributed by atoms with Crippen molar-refractivity contribution in [2.75, 3.05) is 38.1 Å². The Balaban J connectivity index is 1.26. The van der Waals surface area contributed by atoms with E-state index in [2.05, 4.69) is 50.9 Å². The van der Waals surface area contributed by atoms with Crippen molar-refractivity contribution in [1.29, 1.82) is 0 Å². The van der Waals surface area contributed by atoms with Gasteiger partial charge < -0.3 is 15.5 Å². The number of hydrogen-bond donors (Lipinski definition) is 2. The topological polar surface area (TPSA) is 39.7 Å². The monoisotopic (exact) mass is 398 g/mol. The molecule has 1 heterocycles. The van der Waals surface area contributed by atoms with Crippen molar-refractivity contribution >= 4 is 11.6 Å². The van der Waals surface area contributed by atoms with Crippen LogP contribution in [0.5, 0.6) is 0 Å². The summed E-state index contributed by atoms with van der Waals surface area (Å²) >= 11 is 0. The van der Waals surface area contributed by atoms with Gasteiger partial charge in [0.05, 0.1) is 0 Å². The van der Waals surface area contributed by atoms with Gasteiger partial charge >= 0.3 is 0 Å². The summed E-state index contributed by atoms with van der Waals surface area (Å²) in [4.78, 5) is 6.47. The summed E-state index contributed by atoms with van der Waals surface area (Å²) in [6, 6.07) is 14.8. The maximum Gasteiger partial charge on any atom is 0.191 e. The van der Waals surface area contributed by atoms with E-state index in [0.717, 1.165) is 44.2 Å². The molecule has 0 spiro atoms. The van der Waals surface area contributed by atoms with Crippen molar-refractivity contribution in [2.24, 2.45) is 10.9 Å². The molecule has 2 aliphatic rings. The lowest BCUT2D eigenvalue weighted by molar-refractivity contribution is 0.508. The first-order valence-corrected chi connectivity index (χ1v) is 10.3. The van der Waals surface area contributed by atoms with E-state index < -0.39 is 11.6 Å². The molecule has 2 aromatic rings. The summed E-state index contributed by atoms with van der Waals surface area (Å²) in [5.74, 6) is -0.338. The predicted octanol–water partition coefficient (Wildman–Crippen LogP) is 3.69. The second-order valence-electron chi connectivity index (χ2n) is 8.15. The number of benzene rings is 2. The van der Waals surface area contributed by atoms with Crippen LogP contribution in [0.3, 0.4) is 0 Å². The number of halogens is 2. The number of nitrogens with one attached hydrogen (secondary N) is 2. The van der Waals surface area contributed by atoms with Gasteiger partial charge in [-0.15, -0.1) is 0 Å². The average molecular weight is 399 g/mol. The zero-order chi connectivity index (χ0) is 20.3. The SMILES string of the molecule is CN=C(NCC1CCN(c2ccc(F)c(F)c2)C1)NCC1(c2ccccc2)CC1. The number of nitrogens with zero attached hydrogens (tertiary/aromatic N) is 2. The van der Waals surface area contributed by atoms with Crippen molar-refractivity contribution in [1.82, 2.24) is 10.6 Å². The molecule has 29 heavy (non-hydrogen) atoms. The molecule has 2 aromatic carbocycles. The fourth-order valence-electron chi connectivity index (χ4n) is 4.14. The highest BCUT2D eigenvalue weighted by atomic mass is 19.2. The molecule has 0 amide bonds. The van der Waals surface area contributed by atoms with Crippen LogP contribution in [0.25, 0.3) is 0 Å². The molecule has 6 heteroatoms. The first kappa shape index (κ1) is 19.7. The van der Waals surface area contributed by atoms with Crippen molar-refractivity contribution in [2.45, 2.75) is 24.7 Å². The van der Waals surface area contributed by atoms with E-state index in [1.54, 1.807) is 13.1 Å². The van der Waals surface area contributed by atoms with Gasteiger partial charge in [-0.2, -0.15) is 0 Å². The molecule has 4 nitrogen and oxygen atoms in total. The molecule has 2 N–H and O–H groups in total. The molecular formula is C23H28F2N4. The number of guanidine groups is 1. The largest absolute Gasteiger partial charge is 0.371 e. The summed E-state index contributed by atoms with van der Waals surface area (Å²) < 4.78 is 26.7. The number of hydrogen-bond acceptors (Lipinski definition) is 2. The van der Waals surface area contributed by atoms with Crippen LogP contribution in [0.15, 0.2) is 53.5 Å². The Hall–Kier alpha value is -2.63. The van der Waals surface area contributed by atoms with E-state index in [1.807, 2.05) is 0 Å². The Kier molecular flexibility index (Phi) is 5.69. The van der Waals surface area contributed by atoms with Gasteiger partial charge in [-0.05, 0) is 42.9 Å². The molecule has 1 saturated heterocycles. The molecule has 0 radical (unpaired) electrons. The number of anilines is 1. The molecule has 1 saturated carbocycles. The van der Waals surface area contributed by atoms with Crippen LogP contribution in [0.4, 0.5) is 14.5 Å². The van der Waals surface area contributed by atoms with E-state index >= 15 is 0 Å². The quantitative estimate of drug-likeness (QED) is 0.576. The maximum atomic E-state index is 13.5. The number of rotatable bonds is 6. The Morgan fingerprint density at radius 3 is 2.59 bits per heavy atom. The third-order valence-electron chi connectivity index (χ3n) is 6.17. The fraction of sp³-hybridized carbons (Fsp3) is 0.435. The van der Waals surface area contributed by atoms with E-state index in [0.29, 0.717) is 5.92 Å². The summed E-state index contributed by atoms with van der Waals surface area (Å²) in [5.41, 5.74) is 2.36. The van der Waals surface area contributed by atoms with Gasteiger partial charge in [0.15, 0.2) is 17.6 Å². The Bertz CT molecular complexity index is 864. The van der Waals surface area contributed by atoms with Gasteiger partial charge in [-0.1, -0.05) is 30.3 Å². The van der Waals surface area contributed by atoms with Gasteiger partial charge in [0.1, 0.15) is 0 Å². The minimum absolute atomic E-state index is 0.232. The van der Waals surface area contributed by atoms with E-state index in [1.165, 1.54) is 30.5 Å². The molecule has 0 aromatic heterocycles. The lowest BCUT2D eigenvalue weighted by atomic mass is 9.96. The smallest absolute Gasteiger partial charge is 0.191 e. The van der Waals surface area contributed by atoms with Gasteiger partial charge in [0, 0.05) is 50.4 Å². The summed E-state index contributed by atoms with van der Waals surface area (Å²) in [6.45, 7) is 3.35. The van der Waals surface area contributed by atoms with Gasteiger partial charge in [-0.3, -0.25) is 4.99 Å². The van der Waals surface area contributed by atoms with Crippen LogP contribution in [0.1, 0.15) is 24.8 Å². The first-order chi connectivity index (χ1) is 14.1. The van der Waals surface area contributed by atoms with Crippen LogP contribution in [0, 0.1) is 17.6 Å². The maximum absolute atomic E-state index is 13.5. The fourth-order valence-corrected chi connectivity index (χ4v) is 4.14. The molecule has 0 bridgehead atoms. The van der Waals surface area contributed by atoms with Crippen LogP contribution < -0.4 is 15.5 Å². The Morgan fingerprint density at radius 2 is 1.90 bits per heavy atom. The van der Waals surface area contributed by atoms with Gasteiger partial charge in [0.2, 0.25) is 0 Å². The lowest BCUT2D eigenvalue weighted by Crippen LogP contribution is -2.43. The molecule has 154 valence electrons. The number of aliphatic imine (C=N–C) groups is 1. The molecule has 1 unspecified atom stereocenters. The van der Waals surface area contributed by atoms with Gasteiger partial charge in [-0.25, -0.2) is 8.78 Å². The second kappa shape index (κ2) is 8.39. The van der Waals surface area contributed by atoms with Crippen LogP contribution in [-0.2, 0) is 5.41 Å². The zero-order valence-corrected chi connectivity index (χ0v) is 16.8. The first-order valence-electron chi connectivity index (χ1n) is 10.3. The lowest BCUT2D eigenvalue weighted by Gasteiger charge is -2.21. The van der Waals surface area contributed by atoms with Crippen molar-refractivity contribution in [3.05, 3.63) is 65.7 Å². The highest BCUT2D eigenvalue weighted by molar-refractivity contribution is 5.79. The highest BCUT2D eigenvalue weighted by Gasteiger charge is 2.44. The molecular weight excluding hydrogens is 370 g/mol. The van der Waals surface area contributed by atoms with Crippen LogP contribution in [0.2, 0.25) is 0 Å². The van der Waals surface area contributed by atoms with Crippen LogP contribution in [-0.4, -0.2) is 39.2 Å². The van der Waals surface area contributed by atoms with Crippen molar-refractivity contribution < 1.29 is 8.78 Å². The zero-order valence-electron chi connectivity index (χ0n) is 16.8. The minimum Gasteiger partial charge on any atom is -0.371 e. The summed E-state index contributed by atoms with van der Waals surface area (Å²) in [6.07, 6.45) is 3.41. The minimum atomic E-state index is -0.801. The average Bonchev–Trinajstić information content (AvgIpc) is 3.40. The summed E-state index contributed by atoms with van der Waals surface area (Å²) in [5, 5.41) is 6.92. The van der Waals surface area contributed by atoms with Gasteiger partial charge in [0.25, 0.3) is 0 Å². The second-order valence-corrected chi connectivity index (χ2v) is 8.15. The van der Waals surface area contributed by atoms with E-state index in [-0.39, 0.29) is 5.41 Å². The molecule has 1 aliphatic carbocycles. The molecule has 2 fully saturated rings. The Labute approximate surface area is 171 Å². The summed E-state index contributed by atoms with van der Waals surface area (Å²) in [7, 11) is 1.79. The van der Waals surface area contributed by atoms with Crippen molar-refractivity contribution in [3.63, 3.8) is 0 Å². The third-order valence-corrected chi connectivity index (χ3v) is 6.17. The van der Waals surface area contributed by atoms with Crippen molar-refractivity contribution in [3.8, 4) is 0 Å². The Morgan fingerprint density at radius 1 is 1.10 bits per heavy atom. The predicted molar refractivity (Wildman–Crippen MR) is 113 cm³/mol. The van der Waals surface area contributed by atoms with E-state index in [9.17, 15) is 8.78 Å². The standard InChI is InChI=1S/C23H28F2N4/c1-26-22(28-16-23(10-11-23)18-5-3-2-4-6-18)27-14-17-9-12-29(15-17)19-7-8-20(24)21(25)13-19/h2-8,13,17H,9-12,14-16H2,1H3,(H2,26,27,28). The normalized spacial score (nSPS) is 20.6. The molecule has 1 aliphatic heterocycles. The molecule has 4 rings (SSSR count). The van der Waals surface area contributed by atoms with Crippen LogP contribution >= 0.6 is 0 Å². The molecule has 1 atom stereocenters. The third kappa shape index (κ3) is 4.52. The van der Waals surface area contributed by atoms with E-state index in [4.69, 9.17) is 0 Å².